The van der Waals surface area contributed by atoms with E-state index in [1.807, 2.05) is 0 Å². The third-order valence-electron chi connectivity index (χ3n) is 1.83. The van der Waals surface area contributed by atoms with Crippen LogP contribution in [0, 0.1) is 0 Å². The van der Waals surface area contributed by atoms with Gasteiger partial charge in [0.25, 0.3) is 0 Å². The van der Waals surface area contributed by atoms with E-state index in [1.54, 1.807) is 0 Å². The Bertz CT molecular complexity index is 165. The third-order valence-corrected chi connectivity index (χ3v) is 1.83. The quantitative estimate of drug-likeness (QED) is 0.618. The van der Waals surface area contributed by atoms with Crippen LogP contribution in [0.3, 0.4) is 0 Å². The number of hydrogen-bond donors (Lipinski definition) is 0. The van der Waals surface area contributed by atoms with Gasteiger partial charge in [0, 0.05) is 6.42 Å². The highest BCUT2D eigenvalue weighted by molar-refractivity contribution is 5.15. The second kappa shape index (κ2) is 4.53. The molecule has 12 heavy (non-hydrogen) atoms. The highest BCUT2D eigenvalue weighted by Crippen LogP contribution is 2.26. The smallest absolute Gasteiger partial charge is 0.129 e. The molecule has 0 heterocycles. The molecule has 0 aliphatic rings. The lowest BCUT2D eigenvalue weighted by molar-refractivity contribution is 0.259. The molecule has 0 saturated carbocycles. The number of halogens is 3. The van der Waals surface area contributed by atoms with Crippen LogP contribution in [0.4, 0.5) is 13.2 Å². The molecule has 72 valence electrons. The molecule has 0 aromatic heterocycles. The van der Waals surface area contributed by atoms with Gasteiger partial charge in [0.1, 0.15) is 11.5 Å². The lowest BCUT2D eigenvalue weighted by Crippen LogP contribution is -2.14. The molecule has 0 amide bonds. The SMILES string of the molecule is C/C(=C(\F)CCCF)C(C)(C)F. The molecule has 0 aromatic carbocycles. The molecular formula is C9H15F3. The van der Waals surface area contributed by atoms with Crippen LogP contribution < -0.4 is 0 Å². The van der Waals surface area contributed by atoms with E-state index in [4.69, 9.17) is 0 Å². The molecule has 0 unspecified atom stereocenters. The normalized spacial score (nSPS) is 14.5. The second-order valence-corrected chi connectivity index (χ2v) is 3.29. The fourth-order valence-corrected chi connectivity index (χ4v) is 0.732. The van der Waals surface area contributed by atoms with Crippen molar-refractivity contribution in [1.29, 1.82) is 0 Å². The second-order valence-electron chi connectivity index (χ2n) is 3.29. The monoisotopic (exact) mass is 180 g/mol. The molecule has 0 aliphatic carbocycles. The molecule has 0 radical (unpaired) electrons. The summed E-state index contributed by atoms with van der Waals surface area (Å²) in [6.45, 7) is 3.41. The first-order valence-electron chi connectivity index (χ1n) is 4.00. The van der Waals surface area contributed by atoms with E-state index in [1.165, 1.54) is 20.8 Å². The van der Waals surface area contributed by atoms with Crippen LogP contribution in [0.1, 0.15) is 33.6 Å². The Labute approximate surface area is 71.5 Å². The van der Waals surface area contributed by atoms with E-state index >= 15 is 0 Å². The Morgan fingerprint density at radius 1 is 1.33 bits per heavy atom. The van der Waals surface area contributed by atoms with Crippen molar-refractivity contribution < 1.29 is 13.2 Å². The summed E-state index contributed by atoms with van der Waals surface area (Å²) in [6.07, 6.45) is 0.120. The van der Waals surface area contributed by atoms with Gasteiger partial charge in [-0.25, -0.2) is 8.78 Å². The van der Waals surface area contributed by atoms with Gasteiger partial charge in [-0.2, -0.15) is 0 Å². The molecule has 0 aliphatic heterocycles. The molecule has 0 N–H and O–H groups in total. The Balaban J connectivity index is 4.26. The van der Waals surface area contributed by atoms with Gasteiger partial charge in [0.05, 0.1) is 6.67 Å². The van der Waals surface area contributed by atoms with Crippen molar-refractivity contribution in [3.05, 3.63) is 11.4 Å². The van der Waals surface area contributed by atoms with Gasteiger partial charge in [0.2, 0.25) is 0 Å². The molecule has 0 aromatic rings. The molecule has 0 bridgehead atoms. The summed E-state index contributed by atoms with van der Waals surface area (Å²) in [6, 6.07) is 0. The predicted octanol–water partition coefficient (Wildman–Crippen LogP) is 3.73. The average molecular weight is 180 g/mol. The highest BCUT2D eigenvalue weighted by Gasteiger charge is 2.21. The zero-order valence-electron chi connectivity index (χ0n) is 7.76. The van der Waals surface area contributed by atoms with Crippen LogP contribution in [-0.2, 0) is 0 Å². The van der Waals surface area contributed by atoms with E-state index in [9.17, 15) is 13.2 Å². The fraction of sp³-hybridized carbons (Fsp3) is 0.778. The molecule has 0 fully saturated rings. The van der Waals surface area contributed by atoms with Gasteiger partial charge in [0.15, 0.2) is 0 Å². The summed E-state index contributed by atoms with van der Waals surface area (Å²) in [5, 5.41) is 0. The van der Waals surface area contributed by atoms with Crippen LogP contribution in [0.25, 0.3) is 0 Å². The molecule has 0 rings (SSSR count). The van der Waals surface area contributed by atoms with Crippen molar-refractivity contribution in [3.63, 3.8) is 0 Å². The minimum absolute atomic E-state index is 0.00428. The minimum atomic E-state index is -1.64. The lowest BCUT2D eigenvalue weighted by atomic mass is 9.99. The predicted molar refractivity (Wildman–Crippen MR) is 44.2 cm³/mol. The Morgan fingerprint density at radius 3 is 2.17 bits per heavy atom. The lowest BCUT2D eigenvalue weighted by Gasteiger charge is -2.15. The Hall–Kier alpha value is -0.470. The van der Waals surface area contributed by atoms with E-state index in [0.717, 1.165) is 0 Å². The van der Waals surface area contributed by atoms with Crippen molar-refractivity contribution in [3.8, 4) is 0 Å². The van der Waals surface area contributed by atoms with Gasteiger partial charge in [-0.1, -0.05) is 0 Å². The van der Waals surface area contributed by atoms with Crippen molar-refractivity contribution in [1.82, 2.24) is 0 Å². The van der Waals surface area contributed by atoms with E-state index in [0.29, 0.717) is 0 Å². The number of alkyl halides is 2. The fourth-order valence-electron chi connectivity index (χ4n) is 0.732. The summed E-state index contributed by atoms with van der Waals surface area (Å²) in [7, 11) is 0. The molecule has 0 saturated heterocycles. The number of hydrogen-bond acceptors (Lipinski definition) is 0. The first-order chi connectivity index (χ1) is 5.39. The maximum atomic E-state index is 13.1. The summed E-state index contributed by atoms with van der Waals surface area (Å²) < 4.78 is 37.7. The third kappa shape index (κ3) is 3.79. The van der Waals surface area contributed by atoms with Crippen molar-refractivity contribution in [2.45, 2.75) is 39.3 Å². The molecule has 0 spiro atoms. The average Bonchev–Trinajstić information content (AvgIpc) is 1.97. The summed E-state index contributed by atoms with van der Waals surface area (Å²) in [5.74, 6) is -0.528. The van der Waals surface area contributed by atoms with E-state index in [-0.39, 0.29) is 18.4 Å². The molecule has 3 heteroatoms. The van der Waals surface area contributed by atoms with Crippen LogP contribution in [0.2, 0.25) is 0 Å². The standard InChI is InChI=1S/C9H15F3/c1-7(9(2,3)12)8(11)5-4-6-10/h4-6H2,1-3H3/b8-7+. The van der Waals surface area contributed by atoms with Gasteiger partial charge >= 0.3 is 0 Å². The number of rotatable bonds is 4. The highest BCUT2D eigenvalue weighted by atomic mass is 19.1. The molecule has 0 atom stereocenters. The minimum Gasteiger partial charge on any atom is -0.251 e. The van der Waals surface area contributed by atoms with Crippen molar-refractivity contribution in [2.75, 3.05) is 6.67 Å². The largest absolute Gasteiger partial charge is 0.251 e. The summed E-state index contributed by atoms with van der Waals surface area (Å²) in [5.41, 5.74) is -1.57. The Kier molecular flexibility index (Phi) is 4.35. The van der Waals surface area contributed by atoms with Crippen LogP contribution >= 0.6 is 0 Å². The van der Waals surface area contributed by atoms with Crippen molar-refractivity contribution in [2.24, 2.45) is 0 Å². The first kappa shape index (κ1) is 11.5. The maximum absolute atomic E-state index is 13.1. The van der Waals surface area contributed by atoms with E-state index in [2.05, 4.69) is 0 Å². The van der Waals surface area contributed by atoms with Crippen LogP contribution in [0.5, 0.6) is 0 Å². The van der Waals surface area contributed by atoms with Crippen molar-refractivity contribution >= 4 is 0 Å². The Morgan fingerprint density at radius 2 is 1.83 bits per heavy atom. The molecule has 0 nitrogen and oxygen atoms in total. The van der Waals surface area contributed by atoms with E-state index < -0.39 is 18.2 Å². The van der Waals surface area contributed by atoms with Crippen LogP contribution in [0.15, 0.2) is 11.4 Å². The van der Waals surface area contributed by atoms with Gasteiger partial charge < -0.3 is 0 Å². The topological polar surface area (TPSA) is 0 Å². The summed E-state index contributed by atoms with van der Waals surface area (Å²) >= 11 is 0. The zero-order chi connectivity index (χ0) is 9.78. The van der Waals surface area contributed by atoms with Gasteiger partial charge in [-0.3, -0.25) is 4.39 Å². The first-order valence-corrected chi connectivity index (χ1v) is 4.00. The maximum Gasteiger partial charge on any atom is 0.129 e. The zero-order valence-corrected chi connectivity index (χ0v) is 7.76. The summed E-state index contributed by atoms with van der Waals surface area (Å²) in [4.78, 5) is 0. The number of allylic oxidation sites excluding steroid dienone is 2. The van der Waals surface area contributed by atoms with Gasteiger partial charge in [-0.15, -0.1) is 0 Å². The van der Waals surface area contributed by atoms with Crippen LogP contribution in [-0.4, -0.2) is 12.3 Å². The molecular weight excluding hydrogens is 165 g/mol. The van der Waals surface area contributed by atoms with Gasteiger partial charge in [-0.05, 0) is 32.8 Å².